The molecule has 0 radical (unpaired) electrons. The van der Waals surface area contributed by atoms with Gasteiger partial charge in [0, 0.05) is 12.1 Å². The summed E-state index contributed by atoms with van der Waals surface area (Å²) in [5, 5.41) is 44.9. The minimum Gasteiger partial charge on any atom is -0.478 e. The van der Waals surface area contributed by atoms with Gasteiger partial charge >= 0.3 is 23.9 Å². The van der Waals surface area contributed by atoms with Crippen molar-refractivity contribution in [3.05, 3.63) is 74.3 Å². The van der Waals surface area contributed by atoms with Crippen LogP contribution in [0.2, 0.25) is 0 Å². The van der Waals surface area contributed by atoms with Crippen LogP contribution in [-0.2, 0) is 0 Å². The van der Waals surface area contributed by atoms with E-state index in [1.807, 2.05) is 0 Å². The molecule has 0 atom stereocenters. The van der Waals surface area contributed by atoms with E-state index in [0.29, 0.717) is 6.07 Å². The number of nitro groups is 1. The first-order valence-electron chi connectivity index (χ1n) is 7.28. The second-order valence-corrected chi connectivity index (χ2v) is 5.26. The normalized spacial score (nSPS) is 9.61. The van der Waals surface area contributed by atoms with Crippen LogP contribution in [0.25, 0.3) is 0 Å². The fraction of sp³-hybridized carbons (Fsp3) is 0.0588. The van der Waals surface area contributed by atoms with Crippen molar-refractivity contribution in [3.63, 3.8) is 0 Å². The molecule has 4 N–H and O–H groups in total. The van der Waals surface area contributed by atoms with Crippen molar-refractivity contribution in [1.29, 1.82) is 0 Å². The van der Waals surface area contributed by atoms with Gasteiger partial charge < -0.3 is 20.4 Å². The summed E-state index contributed by atoms with van der Waals surface area (Å²) in [6.07, 6.45) is 0. The molecule has 11 nitrogen and oxygen atoms in total. The van der Waals surface area contributed by atoms with Crippen LogP contribution >= 0.6 is 0 Å². The van der Waals surface area contributed by atoms with E-state index < -0.39 is 45.6 Å². The summed E-state index contributed by atoms with van der Waals surface area (Å²) in [6.45, 7) is 1.71. The van der Waals surface area contributed by atoms with Crippen molar-refractivity contribution in [1.82, 2.24) is 0 Å². The Morgan fingerprint density at radius 1 is 0.714 bits per heavy atom. The summed E-state index contributed by atoms with van der Waals surface area (Å²) in [5.74, 6) is -5.41. The van der Waals surface area contributed by atoms with E-state index in [2.05, 4.69) is 0 Å². The van der Waals surface area contributed by atoms with E-state index >= 15 is 0 Å². The quantitative estimate of drug-likeness (QED) is 0.434. The Bertz CT molecular complexity index is 980. The van der Waals surface area contributed by atoms with Crippen LogP contribution in [0.3, 0.4) is 0 Å². The molecule has 28 heavy (non-hydrogen) atoms. The number of nitro benzene ring substituents is 1. The number of hydrogen-bond acceptors (Lipinski definition) is 6. The molecule has 2 aromatic rings. The molecule has 0 bridgehead atoms. The van der Waals surface area contributed by atoms with Crippen molar-refractivity contribution in [2.24, 2.45) is 0 Å². The highest BCUT2D eigenvalue weighted by molar-refractivity contribution is 6.02. The second kappa shape index (κ2) is 8.89. The lowest BCUT2D eigenvalue weighted by molar-refractivity contribution is -0.384. The Morgan fingerprint density at radius 2 is 1.11 bits per heavy atom. The molecular formula is C17H13NO10. The molecule has 0 spiro atoms. The lowest BCUT2D eigenvalue weighted by atomic mass is 10.0. The monoisotopic (exact) mass is 391 g/mol. The van der Waals surface area contributed by atoms with Crippen LogP contribution in [0.4, 0.5) is 5.69 Å². The standard InChI is InChI=1S/C9H8O4.C8H5NO6/c1-5-2-3-6(8(10)11)7(4-5)9(12)13;10-7(11)5-2-1-4(9(14)15)3-6(5)8(12)13/h2-4H,1H3,(H,10,11)(H,12,13);1-3H,(H,10,11)(H,12,13). The predicted octanol–water partition coefficient (Wildman–Crippen LogP) is 2.38. The molecule has 0 saturated carbocycles. The lowest BCUT2D eigenvalue weighted by Crippen LogP contribution is -2.08. The van der Waals surface area contributed by atoms with Crippen LogP contribution in [0, 0.1) is 17.0 Å². The number of nitrogens with zero attached hydrogens (tertiary/aromatic N) is 1. The lowest BCUT2D eigenvalue weighted by Gasteiger charge is -2.01. The number of rotatable bonds is 5. The molecular weight excluding hydrogens is 378 g/mol. The number of aryl methyl sites for hydroxylation is 1. The van der Waals surface area contributed by atoms with Gasteiger partial charge in [0.05, 0.1) is 27.2 Å². The number of carbonyl (C=O) groups is 4. The summed E-state index contributed by atoms with van der Waals surface area (Å²) in [7, 11) is 0. The summed E-state index contributed by atoms with van der Waals surface area (Å²) in [5.41, 5.74) is -1.17. The Balaban J connectivity index is 0.000000283. The fourth-order valence-electron chi connectivity index (χ4n) is 2.03. The zero-order chi connectivity index (χ0) is 21.6. The van der Waals surface area contributed by atoms with Crippen molar-refractivity contribution < 1.29 is 44.5 Å². The van der Waals surface area contributed by atoms with Gasteiger partial charge in [0.25, 0.3) is 5.69 Å². The van der Waals surface area contributed by atoms with Crippen molar-refractivity contribution in [2.75, 3.05) is 0 Å². The van der Waals surface area contributed by atoms with E-state index in [0.717, 1.165) is 17.7 Å². The molecule has 2 aromatic carbocycles. The maximum atomic E-state index is 10.6. The summed E-state index contributed by atoms with van der Waals surface area (Å²) in [4.78, 5) is 51.9. The van der Waals surface area contributed by atoms with Gasteiger partial charge in [-0.05, 0) is 25.1 Å². The highest BCUT2D eigenvalue weighted by Gasteiger charge is 2.19. The Morgan fingerprint density at radius 3 is 1.50 bits per heavy atom. The first kappa shape index (κ1) is 21.8. The van der Waals surface area contributed by atoms with Gasteiger partial charge in [-0.15, -0.1) is 0 Å². The summed E-state index contributed by atoms with van der Waals surface area (Å²) >= 11 is 0. The van der Waals surface area contributed by atoms with Crippen molar-refractivity contribution in [3.8, 4) is 0 Å². The van der Waals surface area contributed by atoms with Gasteiger partial charge in [0.2, 0.25) is 0 Å². The molecule has 0 unspecified atom stereocenters. The first-order valence-corrected chi connectivity index (χ1v) is 7.28. The van der Waals surface area contributed by atoms with E-state index in [1.54, 1.807) is 13.0 Å². The number of benzene rings is 2. The number of carboxylic acids is 4. The summed E-state index contributed by atoms with van der Waals surface area (Å²) < 4.78 is 0. The molecule has 0 amide bonds. The smallest absolute Gasteiger partial charge is 0.336 e. The topological polar surface area (TPSA) is 192 Å². The van der Waals surface area contributed by atoms with E-state index in [1.165, 1.54) is 12.1 Å². The third-order valence-corrected chi connectivity index (χ3v) is 3.31. The number of carboxylic acid groups (broad SMARTS) is 4. The van der Waals surface area contributed by atoms with Crippen molar-refractivity contribution >= 4 is 29.6 Å². The van der Waals surface area contributed by atoms with Gasteiger partial charge in [-0.25, -0.2) is 19.2 Å². The number of non-ortho nitro benzene ring substituents is 1. The van der Waals surface area contributed by atoms with Crippen LogP contribution in [-0.4, -0.2) is 49.2 Å². The minimum absolute atomic E-state index is 0.174. The van der Waals surface area contributed by atoms with Gasteiger partial charge in [0.1, 0.15) is 0 Å². The van der Waals surface area contributed by atoms with Gasteiger partial charge in [-0.1, -0.05) is 11.6 Å². The third-order valence-electron chi connectivity index (χ3n) is 3.31. The molecule has 0 fully saturated rings. The Hall–Kier alpha value is -4.28. The van der Waals surface area contributed by atoms with E-state index in [9.17, 15) is 29.3 Å². The molecule has 0 aliphatic carbocycles. The van der Waals surface area contributed by atoms with E-state index in [-0.39, 0.29) is 11.1 Å². The maximum absolute atomic E-state index is 10.6. The average Bonchev–Trinajstić information content (AvgIpc) is 2.61. The van der Waals surface area contributed by atoms with Crippen LogP contribution in [0.15, 0.2) is 36.4 Å². The highest BCUT2D eigenvalue weighted by Crippen LogP contribution is 2.18. The van der Waals surface area contributed by atoms with Gasteiger partial charge in [0.15, 0.2) is 0 Å². The number of aromatic carboxylic acids is 4. The van der Waals surface area contributed by atoms with Gasteiger partial charge in [-0.3, -0.25) is 10.1 Å². The largest absolute Gasteiger partial charge is 0.478 e. The Labute approximate surface area is 156 Å². The number of hydrogen-bond donors (Lipinski definition) is 4. The molecule has 0 aromatic heterocycles. The maximum Gasteiger partial charge on any atom is 0.336 e. The van der Waals surface area contributed by atoms with Crippen LogP contribution < -0.4 is 0 Å². The first-order chi connectivity index (χ1) is 13.0. The van der Waals surface area contributed by atoms with Crippen LogP contribution in [0.5, 0.6) is 0 Å². The molecule has 0 aliphatic heterocycles. The fourth-order valence-corrected chi connectivity index (χ4v) is 2.03. The SMILES string of the molecule is Cc1ccc(C(=O)O)c(C(=O)O)c1.O=C(O)c1ccc([N+](=O)[O-])cc1C(=O)O. The molecule has 0 aliphatic rings. The molecule has 2 rings (SSSR count). The Kier molecular flexibility index (Phi) is 6.91. The predicted molar refractivity (Wildman–Crippen MR) is 92.1 cm³/mol. The van der Waals surface area contributed by atoms with E-state index in [4.69, 9.17) is 20.4 Å². The zero-order valence-electron chi connectivity index (χ0n) is 14.1. The third kappa shape index (κ3) is 5.36. The molecule has 11 heteroatoms. The molecule has 0 saturated heterocycles. The van der Waals surface area contributed by atoms with Crippen LogP contribution in [0.1, 0.15) is 47.0 Å². The van der Waals surface area contributed by atoms with Crippen molar-refractivity contribution in [2.45, 2.75) is 6.92 Å². The second-order valence-electron chi connectivity index (χ2n) is 5.26. The van der Waals surface area contributed by atoms with Gasteiger partial charge in [-0.2, -0.15) is 0 Å². The zero-order valence-corrected chi connectivity index (χ0v) is 14.1. The molecule has 0 heterocycles. The highest BCUT2D eigenvalue weighted by atomic mass is 16.6. The molecule has 146 valence electrons. The minimum atomic E-state index is -1.52. The summed E-state index contributed by atoms with van der Waals surface area (Å²) in [6, 6.07) is 6.74. The average molecular weight is 391 g/mol.